The Labute approximate surface area is 77.5 Å². The Morgan fingerprint density at radius 1 is 1.21 bits per heavy atom. The molecule has 0 aliphatic heterocycles. The van der Waals surface area contributed by atoms with Crippen LogP contribution in [0.4, 0.5) is 23.2 Å². The number of alkyl halides is 3. The standard InChI is InChI=1S/C8H8F4N2/c9-7-4(3-13)1-2-5(14)6(7)8(10,11)12/h1-2H,3,13-14H2. The fourth-order valence-corrected chi connectivity index (χ4v) is 1.08. The van der Waals surface area contributed by atoms with Crippen molar-refractivity contribution in [3.8, 4) is 0 Å². The van der Waals surface area contributed by atoms with Crippen LogP contribution in [0.15, 0.2) is 12.1 Å². The second-order valence-corrected chi connectivity index (χ2v) is 2.70. The maximum absolute atomic E-state index is 13.1. The van der Waals surface area contributed by atoms with Crippen LogP contribution in [0.25, 0.3) is 0 Å². The first kappa shape index (κ1) is 10.8. The molecule has 0 radical (unpaired) electrons. The van der Waals surface area contributed by atoms with E-state index < -0.39 is 23.2 Å². The molecule has 2 nitrogen and oxygen atoms in total. The summed E-state index contributed by atoms with van der Waals surface area (Å²) in [6, 6.07) is 2.13. The largest absolute Gasteiger partial charge is 0.421 e. The van der Waals surface area contributed by atoms with Crippen molar-refractivity contribution in [2.45, 2.75) is 12.7 Å². The van der Waals surface area contributed by atoms with E-state index in [9.17, 15) is 17.6 Å². The maximum atomic E-state index is 13.1. The highest BCUT2D eigenvalue weighted by atomic mass is 19.4. The zero-order valence-corrected chi connectivity index (χ0v) is 7.03. The second-order valence-electron chi connectivity index (χ2n) is 2.70. The van der Waals surface area contributed by atoms with Gasteiger partial charge >= 0.3 is 6.18 Å². The van der Waals surface area contributed by atoms with E-state index in [1.54, 1.807) is 0 Å². The minimum absolute atomic E-state index is 0.202. The molecule has 1 rings (SSSR count). The third-order valence-electron chi connectivity index (χ3n) is 1.76. The van der Waals surface area contributed by atoms with Crippen molar-refractivity contribution in [3.63, 3.8) is 0 Å². The van der Waals surface area contributed by atoms with Crippen molar-refractivity contribution in [1.82, 2.24) is 0 Å². The molecule has 14 heavy (non-hydrogen) atoms. The number of halogens is 4. The van der Waals surface area contributed by atoms with Gasteiger partial charge in [0.25, 0.3) is 0 Å². The summed E-state index contributed by atoms with van der Waals surface area (Å²) < 4.78 is 49.9. The molecule has 0 amide bonds. The van der Waals surface area contributed by atoms with E-state index >= 15 is 0 Å². The lowest BCUT2D eigenvalue weighted by Crippen LogP contribution is -2.14. The summed E-state index contributed by atoms with van der Waals surface area (Å²) in [4.78, 5) is 0. The van der Waals surface area contributed by atoms with E-state index in [1.807, 2.05) is 0 Å². The zero-order valence-electron chi connectivity index (χ0n) is 7.03. The fraction of sp³-hybridized carbons (Fsp3) is 0.250. The SMILES string of the molecule is NCc1ccc(N)c(C(F)(F)F)c1F. The first-order valence-corrected chi connectivity index (χ1v) is 3.72. The van der Waals surface area contributed by atoms with Crippen molar-refractivity contribution >= 4 is 5.69 Å². The van der Waals surface area contributed by atoms with E-state index in [1.165, 1.54) is 0 Å². The molecule has 0 aliphatic carbocycles. The van der Waals surface area contributed by atoms with Crippen molar-refractivity contribution in [3.05, 3.63) is 29.1 Å². The van der Waals surface area contributed by atoms with Gasteiger partial charge in [-0.05, 0) is 6.07 Å². The smallest absolute Gasteiger partial charge is 0.398 e. The van der Waals surface area contributed by atoms with Crippen LogP contribution < -0.4 is 11.5 Å². The van der Waals surface area contributed by atoms with Crippen LogP contribution >= 0.6 is 0 Å². The Hall–Kier alpha value is -1.30. The highest BCUT2D eigenvalue weighted by Crippen LogP contribution is 2.36. The molecular formula is C8H8F4N2. The highest BCUT2D eigenvalue weighted by molar-refractivity contribution is 5.51. The van der Waals surface area contributed by atoms with Crippen LogP contribution in [0.5, 0.6) is 0 Å². The van der Waals surface area contributed by atoms with Gasteiger partial charge in [0.05, 0.1) is 0 Å². The molecule has 0 fully saturated rings. The minimum atomic E-state index is -4.79. The van der Waals surface area contributed by atoms with Crippen LogP contribution in [0.2, 0.25) is 0 Å². The summed E-state index contributed by atoms with van der Waals surface area (Å²) in [5.41, 5.74) is 7.82. The Balaban J connectivity index is 3.40. The highest BCUT2D eigenvalue weighted by Gasteiger charge is 2.37. The van der Waals surface area contributed by atoms with Crippen LogP contribution in [0.1, 0.15) is 11.1 Å². The zero-order chi connectivity index (χ0) is 10.9. The van der Waals surface area contributed by atoms with Crippen LogP contribution in [0.3, 0.4) is 0 Å². The van der Waals surface area contributed by atoms with Crippen LogP contribution in [-0.2, 0) is 12.7 Å². The van der Waals surface area contributed by atoms with E-state index in [-0.39, 0.29) is 12.1 Å². The lowest BCUT2D eigenvalue weighted by Gasteiger charge is -2.12. The summed E-state index contributed by atoms with van der Waals surface area (Å²) in [7, 11) is 0. The molecule has 4 N–H and O–H groups in total. The Morgan fingerprint density at radius 2 is 1.79 bits per heavy atom. The predicted octanol–water partition coefficient (Wildman–Crippen LogP) is 1.89. The molecule has 0 spiro atoms. The Bertz CT molecular complexity index is 346. The summed E-state index contributed by atoms with van der Waals surface area (Å²) in [6.45, 7) is -0.296. The fourth-order valence-electron chi connectivity index (χ4n) is 1.08. The minimum Gasteiger partial charge on any atom is -0.398 e. The second kappa shape index (κ2) is 3.45. The average Bonchev–Trinajstić information content (AvgIpc) is 2.02. The number of nitrogen functional groups attached to an aromatic ring is 1. The van der Waals surface area contributed by atoms with Crippen molar-refractivity contribution in [1.29, 1.82) is 0 Å². The third kappa shape index (κ3) is 1.79. The molecule has 0 unspecified atom stereocenters. The average molecular weight is 208 g/mol. The topological polar surface area (TPSA) is 52.0 Å². The lowest BCUT2D eigenvalue weighted by atomic mass is 10.1. The molecule has 0 aliphatic rings. The molecular weight excluding hydrogens is 200 g/mol. The predicted molar refractivity (Wildman–Crippen MR) is 43.7 cm³/mol. The number of hydrogen-bond donors (Lipinski definition) is 2. The summed E-state index contributed by atoms with van der Waals surface area (Å²) in [5, 5.41) is 0. The van der Waals surface area contributed by atoms with Gasteiger partial charge in [0.1, 0.15) is 11.4 Å². The van der Waals surface area contributed by atoms with Gasteiger partial charge in [0, 0.05) is 17.8 Å². The van der Waals surface area contributed by atoms with Gasteiger partial charge in [-0.25, -0.2) is 4.39 Å². The van der Waals surface area contributed by atoms with Crippen molar-refractivity contribution < 1.29 is 17.6 Å². The van der Waals surface area contributed by atoms with Gasteiger partial charge < -0.3 is 11.5 Å². The van der Waals surface area contributed by atoms with Crippen LogP contribution in [0, 0.1) is 5.82 Å². The Morgan fingerprint density at radius 3 is 2.21 bits per heavy atom. The number of benzene rings is 1. The normalized spacial score (nSPS) is 11.8. The summed E-state index contributed by atoms with van der Waals surface area (Å²) in [5.74, 6) is -1.39. The van der Waals surface area contributed by atoms with Crippen molar-refractivity contribution in [2.24, 2.45) is 5.73 Å². The van der Waals surface area contributed by atoms with Gasteiger partial charge in [-0.15, -0.1) is 0 Å². The van der Waals surface area contributed by atoms with Crippen molar-refractivity contribution in [2.75, 3.05) is 5.73 Å². The number of hydrogen-bond acceptors (Lipinski definition) is 2. The number of nitrogens with two attached hydrogens (primary N) is 2. The third-order valence-corrected chi connectivity index (χ3v) is 1.76. The van der Waals surface area contributed by atoms with Gasteiger partial charge in [-0.2, -0.15) is 13.2 Å². The molecule has 0 saturated heterocycles. The van der Waals surface area contributed by atoms with Gasteiger partial charge in [0.15, 0.2) is 0 Å². The van der Waals surface area contributed by atoms with Gasteiger partial charge in [-0.1, -0.05) is 6.07 Å². The van der Waals surface area contributed by atoms with E-state index in [0.717, 1.165) is 12.1 Å². The molecule has 0 aromatic heterocycles. The van der Waals surface area contributed by atoms with Gasteiger partial charge in [0.2, 0.25) is 0 Å². The molecule has 0 atom stereocenters. The summed E-state index contributed by atoms with van der Waals surface area (Å²) in [6.07, 6.45) is -4.79. The quantitative estimate of drug-likeness (QED) is 0.547. The number of rotatable bonds is 1. The first-order chi connectivity index (χ1) is 6.38. The van der Waals surface area contributed by atoms with E-state index in [2.05, 4.69) is 0 Å². The molecule has 78 valence electrons. The molecule has 0 saturated carbocycles. The van der Waals surface area contributed by atoms with Gasteiger partial charge in [-0.3, -0.25) is 0 Å². The molecule has 0 bridgehead atoms. The monoisotopic (exact) mass is 208 g/mol. The van der Waals surface area contributed by atoms with E-state index in [4.69, 9.17) is 11.5 Å². The first-order valence-electron chi connectivity index (χ1n) is 3.72. The summed E-state index contributed by atoms with van der Waals surface area (Å²) >= 11 is 0. The maximum Gasteiger partial charge on any atom is 0.421 e. The van der Waals surface area contributed by atoms with E-state index in [0.29, 0.717) is 0 Å². The lowest BCUT2D eigenvalue weighted by molar-refractivity contribution is -0.139. The molecule has 0 heterocycles. The Kier molecular flexibility index (Phi) is 2.66. The number of anilines is 1. The molecule has 6 heteroatoms. The molecule has 1 aromatic carbocycles. The van der Waals surface area contributed by atoms with Crippen LogP contribution in [-0.4, -0.2) is 0 Å². The molecule has 1 aromatic rings.